The van der Waals surface area contributed by atoms with E-state index in [2.05, 4.69) is 22.4 Å². The Morgan fingerprint density at radius 3 is 2.04 bits per heavy atom. The standard InChI is InChI=1S/C22H27N3O/c1-2-15-25-16-13-20(14-17-25)23-24-22(26)21(18-9-5-3-6-10-18)19-11-7-4-8-12-19/h3-12,21H,2,13-17H2,1H3,(H,24,26). The van der Waals surface area contributed by atoms with Gasteiger partial charge in [0.05, 0.1) is 5.92 Å². The van der Waals surface area contributed by atoms with Gasteiger partial charge in [-0.05, 0) is 24.1 Å². The van der Waals surface area contributed by atoms with Crippen molar-refractivity contribution in [2.45, 2.75) is 32.1 Å². The van der Waals surface area contributed by atoms with E-state index in [0.717, 1.165) is 49.3 Å². The zero-order chi connectivity index (χ0) is 18.2. The summed E-state index contributed by atoms with van der Waals surface area (Å²) in [6.07, 6.45) is 3.04. The van der Waals surface area contributed by atoms with Crippen molar-refractivity contribution in [3.8, 4) is 0 Å². The number of hydrogen-bond acceptors (Lipinski definition) is 3. The first-order chi connectivity index (χ1) is 12.8. The van der Waals surface area contributed by atoms with Gasteiger partial charge in [-0.3, -0.25) is 4.79 Å². The lowest BCUT2D eigenvalue weighted by molar-refractivity contribution is -0.121. The number of likely N-dealkylation sites (tertiary alicyclic amines) is 1. The van der Waals surface area contributed by atoms with Crippen molar-refractivity contribution in [2.75, 3.05) is 19.6 Å². The highest BCUT2D eigenvalue weighted by atomic mass is 16.2. The molecule has 3 rings (SSSR count). The SMILES string of the molecule is CCCN1CCC(=NNC(=O)C(c2ccccc2)c2ccccc2)CC1. The molecule has 4 nitrogen and oxygen atoms in total. The molecular formula is C22H27N3O. The molecule has 4 heteroatoms. The molecule has 0 aliphatic carbocycles. The van der Waals surface area contributed by atoms with E-state index >= 15 is 0 Å². The average Bonchev–Trinajstić information content (AvgIpc) is 2.70. The number of nitrogens with zero attached hydrogens (tertiary/aromatic N) is 2. The predicted molar refractivity (Wildman–Crippen MR) is 106 cm³/mol. The number of hydrogen-bond donors (Lipinski definition) is 1. The number of piperidine rings is 1. The van der Waals surface area contributed by atoms with Crippen LogP contribution < -0.4 is 5.43 Å². The molecule has 0 bridgehead atoms. The topological polar surface area (TPSA) is 44.7 Å². The summed E-state index contributed by atoms with van der Waals surface area (Å²) in [5.41, 5.74) is 5.88. The van der Waals surface area contributed by atoms with E-state index in [1.807, 2.05) is 60.7 Å². The minimum Gasteiger partial charge on any atom is -0.303 e. The molecule has 0 saturated carbocycles. The van der Waals surface area contributed by atoms with Crippen LogP contribution in [-0.2, 0) is 4.79 Å². The highest BCUT2D eigenvalue weighted by molar-refractivity contribution is 5.90. The molecule has 1 N–H and O–H groups in total. The molecular weight excluding hydrogens is 322 g/mol. The van der Waals surface area contributed by atoms with Crippen LogP contribution in [0, 0.1) is 0 Å². The third kappa shape index (κ3) is 4.79. The van der Waals surface area contributed by atoms with Crippen molar-refractivity contribution in [1.82, 2.24) is 10.3 Å². The second-order valence-electron chi connectivity index (χ2n) is 6.75. The van der Waals surface area contributed by atoms with Gasteiger partial charge in [0, 0.05) is 31.6 Å². The predicted octanol–water partition coefficient (Wildman–Crippen LogP) is 3.80. The van der Waals surface area contributed by atoms with E-state index in [4.69, 9.17) is 0 Å². The number of carbonyl (C=O) groups is 1. The van der Waals surface area contributed by atoms with Gasteiger partial charge in [0.25, 0.3) is 5.91 Å². The summed E-state index contributed by atoms with van der Waals surface area (Å²) >= 11 is 0. The zero-order valence-corrected chi connectivity index (χ0v) is 15.4. The van der Waals surface area contributed by atoms with Crippen molar-refractivity contribution in [3.05, 3.63) is 71.8 Å². The quantitative estimate of drug-likeness (QED) is 0.806. The number of benzene rings is 2. The summed E-state index contributed by atoms with van der Waals surface area (Å²) in [6.45, 7) is 5.41. The van der Waals surface area contributed by atoms with Gasteiger partial charge in [0.15, 0.2) is 0 Å². The Morgan fingerprint density at radius 1 is 1.00 bits per heavy atom. The Hall–Kier alpha value is -2.46. The largest absolute Gasteiger partial charge is 0.303 e. The molecule has 0 unspecified atom stereocenters. The first-order valence-electron chi connectivity index (χ1n) is 9.45. The summed E-state index contributed by atoms with van der Waals surface area (Å²) in [5, 5.41) is 4.44. The smallest absolute Gasteiger partial charge is 0.252 e. The van der Waals surface area contributed by atoms with E-state index in [1.165, 1.54) is 6.42 Å². The van der Waals surface area contributed by atoms with E-state index in [-0.39, 0.29) is 11.8 Å². The molecule has 1 aliphatic heterocycles. The van der Waals surface area contributed by atoms with E-state index in [9.17, 15) is 4.79 Å². The molecule has 0 atom stereocenters. The lowest BCUT2D eigenvalue weighted by atomic mass is 9.91. The Morgan fingerprint density at radius 2 is 1.54 bits per heavy atom. The number of hydrazone groups is 1. The fraction of sp³-hybridized carbons (Fsp3) is 0.364. The zero-order valence-electron chi connectivity index (χ0n) is 15.4. The van der Waals surface area contributed by atoms with E-state index in [0.29, 0.717) is 0 Å². The molecule has 26 heavy (non-hydrogen) atoms. The molecule has 0 aromatic heterocycles. The molecule has 1 saturated heterocycles. The second-order valence-corrected chi connectivity index (χ2v) is 6.75. The lowest BCUT2D eigenvalue weighted by Gasteiger charge is -2.27. The first-order valence-corrected chi connectivity index (χ1v) is 9.45. The molecule has 0 radical (unpaired) electrons. The van der Waals surface area contributed by atoms with Gasteiger partial charge >= 0.3 is 0 Å². The molecule has 136 valence electrons. The van der Waals surface area contributed by atoms with Crippen LogP contribution in [0.15, 0.2) is 65.8 Å². The maximum Gasteiger partial charge on any atom is 0.252 e. The van der Waals surface area contributed by atoms with Crippen LogP contribution in [0.1, 0.15) is 43.2 Å². The average molecular weight is 349 g/mol. The third-order valence-electron chi connectivity index (χ3n) is 4.83. The van der Waals surface area contributed by atoms with Crippen LogP contribution in [0.2, 0.25) is 0 Å². The first kappa shape index (κ1) is 18.3. The molecule has 1 amide bonds. The summed E-state index contributed by atoms with van der Waals surface area (Å²) in [4.78, 5) is 15.4. The maximum atomic E-state index is 12.9. The van der Waals surface area contributed by atoms with Crippen LogP contribution >= 0.6 is 0 Å². The van der Waals surface area contributed by atoms with Crippen LogP contribution in [0.4, 0.5) is 0 Å². The molecule has 1 fully saturated rings. The molecule has 2 aromatic carbocycles. The van der Waals surface area contributed by atoms with Crippen molar-refractivity contribution in [2.24, 2.45) is 5.10 Å². The van der Waals surface area contributed by atoms with Crippen LogP contribution in [0.3, 0.4) is 0 Å². The van der Waals surface area contributed by atoms with E-state index < -0.39 is 0 Å². The second kappa shape index (κ2) is 9.30. The van der Waals surface area contributed by atoms with Gasteiger partial charge < -0.3 is 4.90 Å². The number of rotatable bonds is 6. The van der Waals surface area contributed by atoms with E-state index in [1.54, 1.807) is 0 Å². The third-order valence-corrected chi connectivity index (χ3v) is 4.83. The fourth-order valence-corrected chi connectivity index (χ4v) is 3.45. The van der Waals surface area contributed by atoms with Crippen molar-refractivity contribution >= 4 is 11.6 Å². The lowest BCUT2D eigenvalue weighted by Crippen LogP contribution is -2.36. The van der Waals surface area contributed by atoms with Crippen molar-refractivity contribution < 1.29 is 4.79 Å². The Bertz CT molecular complexity index is 678. The minimum absolute atomic E-state index is 0.0779. The monoisotopic (exact) mass is 349 g/mol. The van der Waals surface area contributed by atoms with Gasteiger partial charge in [-0.25, -0.2) is 5.43 Å². The summed E-state index contributed by atoms with van der Waals surface area (Å²) in [5.74, 6) is -0.423. The summed E-state index contributed by atoms with van der Waals surface area (Å²) in [7, 11) is 0. The van der Waals surface area contributed by atoms with Crippen LogP contribution in [0.5, 0.6) is 0 Å². The minimum atomic E-state index is -0.345. The summed E-state index contributed by atoms with van der Waals surface area (Å²) in [6, 6.07) is 19.8. The maximum absolute atomic E-state index is 12.9. The fourth-order valence-electron chi connectivity index (χ4n) is 3.45. The van der Waals surface area contributed by atoms with Crippen molar-refractivity contribution in [3.63, 3.8) is 0 Å². The highest BCUT2D eigenvalue weighted by Crippen LogP contribution is 2.24. The molecule has 0 spiro atoms. The summed E-state index contributed by atoms with van der Waals surface area (Å²) < 4.78 is 0. The number of nitrogens with one attached hydrogen (secondary N) is 1. The van der Waals surface area contributed by atoms with Gasteiger partial charge in [-0.15, -0.1) is 0 Å². The van der Waals surface area contributed by atoms with Gasteiger partial charge in [0.1, 0.15) is 0 Å². The molecule has 1 aliphatic rings. The highest BCUT2D eigenvalue weighted by Gasteiger charge is 2.23. The normalized spacial score (nSPS) is 15.1. The van der Waals surface area contributed by atoms with Crippen LogP contribution in [-0.4, -0.2) is 36.2 Å². The Kier molecular flexibility index (Phi) is 6.56. The van der Waals surface area contributed by atoms with Gasteiger partial charge in [-0.1, -0.05) is 67.6 Å². The van der Waals surface area contributed by atoms with Crippen LogP contribution in [0.25, 0.3) is 0 Å². The van der Waals surface area contributed by atoms with Gasteiger partial charge in [-0.2, -0.15) is 5.10 Å². The Balaban J connectivity index is 1.70. The molecule has 2 aromatic rings. The number of carbonyl (C=O) groups excluding carboxylic acids is 1. The van der Waals surface area contributed by atoms with Crippen molar-refractivity contribution in [1.29, 1.82) is 0 Å². The Labute approximate surface area is 155 Å². The molecule has 1 heterocycles. The number of amides is 1. The van der Waals surface area contributed by atoms with Gasteiger partial charge in [0.2, 0.25) is 0 Å².